The first-order valence-corrected chi connectivity index (χ1v) is 6.38. The highest BCUT2D eigenvalue weighted by Gasteiger charge is 2.46. The van der Waals surface area contributed by atoms with E-state index in [0.717, 1.165) is 0 Å². The van der Waals surface area contributed by atoms with E-state index in [2.05, 4.69) is 16.1 Å². The van der Waals surface area contributed by atoms with Gasteiger partial charge in [0.1, 0.15) is 6.67 Å². The predicted octanol–water partition coefficient (Wildman–Crippen LogP) is 0.975. The third kappa shape index (κ3) is 2.50. The molecule has 0 amide bonds. The van der Waals surface area contributed by atoms with Crippen LogP contribution in [-0.2, 0) is 6.18 Å². The number of aliphatic hydroxyl groups is 1. The van der Waals surface area contributed by atoms with Crippen LogP contribution in [0.25, 0.3) is 0 Å². The number of alkyl halides is 3. The lowest BCUT2D eigenvalue weighted by atomic mass is 10.3. The van der Waals surface area contributed by atoms with E-state index in [9.17, 15) is 23.5 Å². The average Bonchev–Trinajstić information content (AvgIpc) is 2.95. The van der Waals surface area contributed by atoms with E-state index >= 15 is 0 Å². The molecular weight excluding hydrogens is 297 g/mol. The summed E-state index contributed by atoms with van der Waals surface area (Å²) in [5, 5.41) is 26.9. The van der Waals surface area contributed by atoms with Crippen molar-refractivity contribution in [2.45, 2.75) is 25.4 Å². The Morgan fingerprint density at radius 2 is 2.25 bits per heavy atom. The highest BCUT2D eigenvalue weighted by molar-refractivity contribution is 7.15. The molecule has 0 radical (unpaired) electrons. The van der Waals surface area contributed by atoms with Crippen LogP contribution in [0.1, 0.15) is 11.9 Å². The normalized spacial score (nSPS) is 29.4. The zero-order chi connectivity index (χ0) is 15.1. The van der Waals surface area contributed by atoms with Crippen molar-refractivity contribution in [1.29, 1.82) is 0 Å². The zero-order valence-electron chi connectivity index (χ0n) is 10.3. The number of hydrogen-bond donors (Lipinski definition) is 1. The van der Waals surface area contributed by atoms with Crippen molar-refractivity contribution in [2.75, 3.05) is 13.2 Å². The summed E-state index contributed by atoms with van der Waals surface area (Å²) in [5.41, 5.74) is 0. The lowest BCUT2D eigenvalue weighted by Gasteiger charge is -2.36. The van der Waals surface area contributed by atoms with Gasteiger partial charge in [-0.25, -0.2) is 4.90 Å². The maximum Gasteiger partial charge on any atom is 0.445 e. The van der Waals surface area contributed by atoms with Gasteiger partial charge in [0.15, 0.2) is 0 Å². The van der Waals surface area contributed by atoms with E-state index < -0.39 is 33.2 Å². The predicted molar refractivity (Wildman–Crippen MR) is 65.9 cm³/mol. The molecule has 2 heterocycles. The summed E-state index contributed by atoms with van der Waals surface area (Å²) in [5.74, 6) is 2.40. The van der Waals surface area contributed by atoms with Gasteiger partial charge in [-0.15, -0.1) is 11.5 Å². The summed E-state index contributed by atoms with van der Waals surface area (Å²) in [6, 6.07) is -0.409. The van der Waals surface area contributed by atoms with Crippen LogP contribution >= 0.6 is 11.3 Å². The van der Waals surface area contributed by atoms with E-state index in [1.165, 1.54) is 4.90 Å². The topological polar surface area (TPSA) is 72.3 Å². The summed E-state index contributed by atoms with van der Waals surface area (Å²) < 4.78 is 36.0. The highest BCUT2D eigenvalue weighted by Crippen LogP contribution is 2.38. The zero-order valence-corrected chi connectivity index (χ0v) is 11.1. The Hall–Kier alpha value is -1.25. The quantitative estimate of drug-likeness (QED) is 0.501. The molecule has 1 aromatic rings. The Bertz CT molecular complexity index is 543. The van der Waals surface area contributed by atoms with Crippen molar-refractivity contribution in [2.24, 2.45) is 0 Å². The molecule has 10 heteroatoms. The van der Waals surface area contributed by atoms with Crippen molar-refractivity contribution in [3.05, 3.63) is 10.2 Å². The van der Waals surface area contributed by atoms with Crippen molar-refractivity contribution in [1.82, 2.24) is 19.7 Å². The number of rotatable bonds is 2. The fraction of sp³-hybridized carbons (Fsp3) is 0.600. The van der Waals surface area contributed by atoms with E-state index in [1.807, 2.05) is 0 Å². The molecule has 1 aliphatic rings. The highest BCUT2D eigenvalue weighted by atomic mass is 32.1. The molecule has 110 valence electrons. The summed E-state index contributed by atoms with van der Waals surface area (Å²) in [7, 11) is 0. The van der Waals surface area contributed by atoms with Crippen LogP contribution in [0, 0.1) is 17.6 Å². The molecule has 0 bridgehead atoms. The number of aromatic nitrogens is 2. The van der Waals surface area contributed by atoms with Crippen LogP contribution in [-0.4, -0.2) is 45.7 Å². The summed E-state index contributed by atoms with van der Waals surface area (Å²) in [6.45, 7) is 1.36. The molecule has 1 fully saturated rings. The van der Waals surface area contributed by atoms with Gasteiger partial charge in [0.05, 0.1) is 12.6 Å². The molecule has 3 atom stereocenters. The molecule has 0 aliphatic carbocycles. The van der Waals surface area contributed by atoms with E-state index in [4.69, 9.17) is 6.42 Å². The van der Waals surface area contributed by atoms with Crippen molar-refractivity contribution < 1.29 is 18.3 Å². The minimum atomic E-state index is -4.66. The van der Waals surface area contributed by atoms with Crippen LogP contribution in [0.3, 0.4) is 0 Å². The lowest BCUT2D eigenvalue weighted by Crippen LogP contribution is -2.49. The Balaban J connectivity index is 2.28. The number of terminal acetylenes is 1. The van der Waals surface area contributed by atoms with Crippen LogP contribution in [0.4, 0.5) is 18.3 Å². The van der Waals surface area contributed by atoms with Crippen LogP contribution in [0.2, 0.25) is 0 Å². The van der Waals surface area contributed by atoms with E-state index in [0.29, 0.717) is 0 Å². The van der Waals surface area contributed by atoms with Gasteiger partial charge < -0.3 is 10.3 Å². The first kappa shape index (κ1) is 15.1. The third-order valence-corrected chi connectivity index (χ3v) is 4.12. The lowest BCUT2D eigenvalue weighted by molar-refractivity contribution is -0.138. The second-order valence-electron chi connectivity index (χ2n) is 4.42. The SMILES string of the molecule is C#CC(C)N1CC(O)[N+]([O-])(c2nnc(C(F)(F)F)s2)C1. The molecule has 6 nitrogen and oxygen atoms in total. The fourth-order valence-electron chi connectivity index (χ4n) is 1.82. The van der Waals surface area contributed by atoms with E-state index in [-0.39, 0.29) is 24.6 Å². The first-order chi connectivity index (χ1) is 9.18. The molecule has 1 saturated heterocycles. The summed E-state index contributed by atoms with van der Waals surface area (Å²) in [4.78, 5) is 1.51. The smallest absolute Gasteiger partial charge is 0.445 e. The minimum absolute atomic E-state index is 0.0319. The Morgan fingerprint density at radius 3 is 2.75 bits per heavy atom. The van der Waals surface area contributed by atoms with Crippen LogP contribution in [0.15, 0.2) is 0 Å². The Labute approximate surface area is 116 Å². The second kappa shape index (κ2) is 4.94. The van der Waals surface area contributed by atoms with Gasteiger partial charge in [-0.1, -0.05) is 11.0 Å². The number of halogens is 3. The third-order valence-electron chi connectivity index (χ3n) is 3.04. The second-order valence-corrected chi connectivity index (χ2v) is 5.38. The van der Waals surface area contributed by atoms with Crippen molar-refractivity contribution in [3.8, 4) is 12.3 Å². The standard InChI is InChI=1S/C10H11F3N4O2S/c1-3-6(2)16-4-7(18)17(19,5-16)9-15-14-8(20-9)10(11,12)13/h1,6-7,18H,4-5H2,2H3. The van der Waals surface area contributed by atoms with Gasteiger partial charge in [0.25, 0.3) is 0 Å². The largest absolute Gasteiger partial charge is 0.623 e. The van der Waals surface area contributed by atoms with Crippen molar-refractivity contribution in [3.63, 3.8) is 0 Å². The number of quaternary nitrogens is 1. The number of hydrogen-bond acceptors (Lipinski definition) is 6. The van der Waals surface area contributed by atoms with Gasteiger partial charge in [-0.3, -0.25) is 4.65 Å². The summed E-state index contributed by atoms with van der Waals surface area (Å²) >= 11 is 0.135. The fourth-order valence-corrected chi connectivity index (χ4v) is 2.61. The average molecular weight is 308 g/mol. The molecule has 1 aromatic heterocycles. The van der Waals surface area contributed by atoms with Gasteiger partial charge in [0.2, 0.25) is 11.2 Å². The number of hydroxylamine groups is 2. The number of aliphatic hydroxyl groups excluding tert-OH is 1. The number of nitrogens with zero attached hydrogens (tertiary/aromatic N) is 4. The van der Waals surface area contributed by atoms with Gasteiger partial charge in [-0.05, 0) is 18.3 Å². The number of β-amino-alcohol motifs (C(OH)–C–C–N with tert-alkyl or cyclic N) is 1. The maximum atomic E-state index is 12.5. The van der Waals surface area contributed by atoms with Gasteiger partial charge in [-0.2, -0.15) is 13.2 Å². The molecule has 2 rings (SSSR count). The molecule has 1 aliphatic heterocycles. The molecule has 0 saturated carbocycles. The Morgan fingerprint density at radius 1 is 1.60 bits per heavy atom. The molecule has 1 N–H and O–H groups in total. The van der Waals surface area contributed by atoms with Gasteiger partial charge in [0, 0.05) is 0 Å². The monoisotopic (exact) mass is 308 g/mol. The van der Waals surface area contributed by atoms with E-state index in [1.54, 1.807) is 6.92 Å². The van der Waals surface area contributed by atoms with Crippen LogP contribution < -0.4 is 4.65 Å². The summed E-state index contributed by atoms with van der Waals surface area (Å²) in [6.07, 6.45) is -0.876. The molecule has 0 spiro atoms. The molecular formula is C10H11F3N4O2S. The Kier molecular flexibility index (Phi) is 3.74. The van der Waals surface area contributed by atoms with Crippen molar-refractivity contribution >= 4 is 16.5 Å². The minimum Gasteiger partial charge on any atom is -0.623 e. The van der Waals surface area contributed by atoms with Crippen LogP contribution in [0.5, 0.6) is 0 Å². The maximum absolute atomic E-state index is 12.5. The molecule has 0 aromatic carbocycles. The first-order valence-electron chi connectivity index (χ1n) is 5.56. The molecule has 3 unspecified atom stereocenters. The van der Waals surface area contributed by atoms with Gasteiger partial charge >= 0.3 is 11.3 Å². The molecule has 20 heavy (non-hydrogen) atoms.